The first-order valence-electron chi connectivity index (χ1n) is 2.88. The van der Waals surface area contributed by atoms with Gasteiger partial charge in [0.1, 0.15) is 0 Å². The quantitative estimate of drug-likeness (QED) is 0.565. The summed E-state index contributed by atoms with van der Waals surface area (Å²) in [5.41, 5.74) is 2.06. The van der Waals surface area contributed by atoms with E-state index in [1.54, 1.807) is 6.08 Å². The van der Waals surface area contributed by atoms with Gasteiger partial charge in [-0.05, 0) is 18.6 Å². The van der Waals surface area contributed by atoms with Crippen molar-refractivity contribution in [2.24, 2.45) is 0 Å². The zero-order valence-corrected chi connectivity index (χ0v) is 6.07. The smallest absolute Gasteiger partial charge is 0.0361 e. The number of nitrogens with one attached hydrogen (secondary N) is 1. The van der Waals surface area contributed by atoms with Gasteiger partial charge in [0.05, 0.1) is 0 Å². The molecule has 0 aromatic rings. The Kier molecular flexibility index (Phi) is 3.52. The maximum atomic E-state index is 3.77. The lowest BCUT2D eigenvalue weighted by Gasteiger charge is -2.02. The molecule has 0 heterocycles. The molecule has 0 atom stereocenters. The van der Waals surface area contributed by atoms with Crippen LogP contribution in [0.4, 0.5) is 0 Å². The summed E-state index contributed by atoms with van der Waals surface area (Å²) in [4.78, 5) is 0. The Morgan fingerprint density at radius 3 is 2.22 bits per heavy atom. The third-order valence-electron chi connectivity index (χ3n) is 1.01. The van der Waals surface area contributed by atoms with Gasteiger partial charge in [-0.3, -0.25) is 0 Å². The molecule has 0 spiro atoms. The van der Waals surface area contributed by atoms with E-state index in [9.17, 15) is 0 Å². The van der Waals surface area contributed by atoms with Crippen molar-refractivity contribution in [2.45, 2.75) is 6.92 Å². The molecule has 0 aliphatic heterocycles. The van der Waals surface area contributed by atoms with Crippen LogP contribution in [0.1, 0.15) is 6.92 Å². The monoisotopic (exact) mass is 123 g/mol. The van der Waals surface area contributed by atoms with E-state index in [0.29, 0.717) is 0 Å². The minimum absolute atomic E-state index is 1.03. The fourth-order valence-corrected chi connectivity index (χ4v) is 0.557. The van der Waals surface area contributed by atoms with Crippen LogP contribution >= 0.6 is 0 Å². The van der Waals surface area contributed by atoms with Gasteiger partial charge >= 0.3 is 0 Å². The molecule has 0 amide bonds. The second kappa shape index (κ2) is 3.96. The first-order valence-corrected chi connectivity index (χ1v) is 2.88. The zero-order chi connectivity index (χ0) is 7.28. The van der Waals surface area contributed by atoms with E-state index in [2.05, 4.69) is 18.5 Å². The van der Waals surface area contributed by atoms with Crippen LogP contribution in [0.3, 0.4) is 0 Å². The molecule has 0 rings (SSSR count). The Morgan fingerprint density at radius 1 is 1.56 bits per heavy atom. The van der Waals surface area contributed by atoms with E-state index in [1.165, 1.54) is 0 Å². The lowest BCUT2D eigenvalue weighted by molar-refractivity contribution is 1.00. The van der Waals surface area contributed by atoms with Gasteiger partial charge < -0.3 is 5.32 Å². The third-order valence-corrected chi connectivity index (χ3v) is 1.01. The average molecular weight is 123 g/mol. The molecule has 0 fully saturated rings. The fourth-order valence-electron chi connectivity index (χ4n) is 0.557. The summed E-state index contributed by atoms with van der Waals surface area (Å²) < 4.78 is 0. The fraction of sp³-hybridized carbons (Fsp3) is 0.250. The van der Waals surface area contributed by atoms with E-state index in [0.717, 1.165) is 11.3 Å². The number of hydrogen-bond donors (Lipinski definition) is 1. The Labute approximate surface area is 56.8 Å². The molecule has 9 heavy (non-hydrogen) atoms. The predicted molar refractivity (Wildman–Crippen MR) is 42.2 cm³/mol. The third kappa shape index (κ3) is 2.75. The van der Waals surface area contributed by atoms with E-state index in [4.69, 9.17) is 0 Å². The second-order valence-electron chi connectivity index (χ2n) is 1.85. The number of rotatable bonds is 3. The molecular formula is C8H13N. The molecule has 0 aromatic carbocycles. The SMILES string of the molecule is C=C/C=C(/NC)C(=C)C. The van der Waals surface area contributed by atoms with Crippen LogP contribution in [0, 0.1) is 0 Å². The van der Waals surface area contributed by atoms with Crippen molar-refractivity contribution in [3.8, 4) is 0 Å². The highest BCUT2D eigenvalue weighted by atomic mass is 14.8. The van der Waals surface area contributed by atoms with Crippen LogP contribution in [0.15, 0.2) is 36.6 Å². The van der Waals surface area contributed by atoms with Crippen LogP contribution in [-0.2, 0) is 0 Å². The molecule has 0 aliphatic carbocycles. The predicted octanol–water partition coefficient (Wildman–Crippen LogP) is 1.85. The van der Waals surface area contributed by atoms with Gasteiger partial charge in [0.25, 0.3) is 0 Å². The molecule has 0 unspecified atom stereocenters. The van der Waals surface area contributed by atoms with Crippen molar-refractivity contribution in [1.82, 2.24) is 5.32 Å². The van der Waals surface area contributed by atoms with Crippen molar-refractivity contribution in [3.05, 3.63) is 36.6 Å². The highest BCUT2D eigenvalue weighted by Crippen LogP contribution is 2.00. The van der Waals surface area contributed by atoms with Crippen LogP contribution in [0.2, 0.25) is 0 Å². The van der Waals surface area contributed by atoms with Crippen LogP contribution in [0.25, 0.3) is 0 Å². The van der Waals surface area contributed by atoms with E-state index < -0.39 is 0 Å². The largest absolute Gasteiger partial charge is 0.388 e. The zero-order valence-electron chi connectivity index (χ0n) is 6.07. The van der Waals surface area contributed by atoms with E-state index >= 15 is 0 Å². The summed E-state index contributed by atoms with van der Waals surface area (Å²) >= 11 is 0. The molecule has 0 saturated carbocycles. The van der Waals surface area contributed by atoms with Gasteiger partial charge in [-0.25, -0.2) is 0 Å². The maximum absolute atomic E-state index is 3.77. The van der Waals surface area contributed by atoms with E-state index in [-0.39, 0.29) is 0 Å². The topological polar surface area (TPSA) is 12.0 Å². The molecule has 0 aromatic heterocycles. The molecule has 0 radical (unpaired) electrons. The Balaban J connectivity index is 4.14. The van der Waals surface area contributed by atoms with Gasteiger partial charge in [-0.1, -0.05) is 19.2 Å². The van der Waals surface area contributed by atoms with Gasteiger partial charge in [0, 0.05) is 12.7 Å². The normalized spacial score (nSPS) is 10.7. The van der Waals surface area contributed by atoms with Crippen molar-refractivity contribution in [3.63, 3.8) is 0 Å². The summed E-state index contributed by atoms with van der Waals surface area (Å²) in [6.07, 6.45) is 3.63. The minimum Gasteiger partial charge on any atom is -0.388 e. The Bertz CT molecular complexity index is 143. The highest BCUT2D eigenvalue weighted by molar-refractivity contribution is 5.27. The average Bonchev–Trinajstić information content (AvgIpc) is 1.82. The number of hydrogen-bond acceptors (Lipinski definition) is 1. The number of allylic oxidation sites excluding steroid dienone is 3. The summed E-state index contributed by atoms with van der Waals surface area (Å²) in [6, 6.07) is 0. The van der Waals surface area contributed by atoms with Crippen molar-refractivity contribution in [1.29, 1.82) is 0 Å². The molecule has 1 heteroatoms. The summed E-state index contributed by atoms with van der Waals surface area (Å²) in [6.45, 7) is 9.29. The molecule has 1 nitrogen and oxygen atoms in total. The van der Waals surface area contributed by atoms with Crippen LogP contribution in [-0.4, -0.2) is 7.05 Å². The Morgan fingerprint density at radius 2 is 2.11 bits per heavy atom. The highest BCUT2D eigenvalue weighted by Gasteiger charge is 1.88. The van der Waals surface area contributed by atoms with Crippen molar-refractivity contribution >= 4 is 0 Å². The summed E-state index contributed by atoms with van der Waals surface area (Å²) in [5, 5.41) is 2.99. The first-order chi connectivity index (χ1) is 4.22. The number of likely N-dealkylation sites (N-methyl/N-ethyl adjacent to an activating group) is 1. The molecule has 50 valence electrons. The molecule has 0 aliphatic rings. The Hall–Kier alpha value is -0.980. The molecule has 0 bridgehead atoms. The standard InChI is InChI=1S/C8H13N/c1-5-6-8(9-4)7(2)3/h5-6,9H,1-2H2,3-4H3/b8-6+. The van der Waals surface area contributed by atoms with Crippen LogP contribution in [0.5, 0.6) is 0 Å². The molecule has 0 saturated heterocycles. The van der Waals surface area contributed by atoms with Gasteiger partial charge in [0.2, 0.25) is 0 Å². The summed E-state index contributed by atoms with van der Waals surface area (Å²) in [7, 11) is 1.87. The van der Waals surface area contributed by atoms with Crippen molar-refractivity contribution in [2.75, 3.05) is 7.05 Å². The summed E-state index contributed by atoms with van der Waals surface area (Å²) in [5.74, 6) is 0. The lowest BCUT2D eigenvalue weighted by Crippen LogP contribution is -2.05. The maximum Gasteiger partial charge on any atom is 0.0361 e. The van der Waals surface area contributed by atoms with E-state index in [1.807, 2.05) is 20.0 Å². The van der Waals surface area contributed by atoms with Crippen LogP contribution < -0.4 is 5.32 Å². The lowest BCUT2D eigenvalue weighted by atomic mass is 10.2. The van der Waals surface area contributed by atoms with Gasteiger partial charge in [0.15, 0.2) is 0 Å². The van der Waals surface area contributed by atoms with Gasteiger partial charge in [-0.2, -0.15) is 0 Å². The van der Waals surface area contributed by atoms with Gasteiger partial charge in [-0.15, -0.1) is 0 Å². The molecular weight excluding hydrogens is 110 g/mol. The minimum atomic E-state index is 1.03. The second-order valence-corrected chi connectivity index (χ2v) is 1.85. The molecule has 1 N–H and O–H groups in total. The first kappa shape index (κ1) is 8.02. The van der Waals surface area contributed by atoms with Crippen molar-refractivity contribution < 1.29 is 0 Å².